The number of hydrogen-bond acceptors (Lipinski definition) is 3. The van der Waals surface area contributed by atoms with Crippen LogP contribution in [0.5, 0.6) is 0 Å². The van der Waals surface area contributed by atoms with Crippen LogP contribution in [0.15, 0.2) is 42.5 Å². The Labute approximate surface area is 123 Å². The molecule has 0 heterocycles. The first kappa shape index (κ1) is 14.8. The molecule has 0 aromatic heterocycles. The summed E-state index contributed by atoms with van der Waals surface area (Å²) in [5.41, 5.74) is 0.121. The molecule has 2 aromatic rings. The molecule has 5 nitrogen and oxygen atoms in total. The van der Waals surface area contributed by atoms with Gasteiger partial charge in [0.2, 0.25) is 0 Å². The van der Waals surface area contributed by atoms with Crippen LogP contribution in [0, 0.1) is 21.7 Å². The predicted octanol–water partition coefficient (Wildman–Crippen LogP) is 3.68. The van der Waals surface area contributed by atoms with E-state index in [9.17, 15) is 18.9 Å². The van der Waals surface area contributed by atoms with E-state index in [0.717, 1.165) is 18.2 Å². The largest absolute Gasteiger partial charge is 0.332 e. The summed E-state index contributed by atoms with van der Waals surface area (Å²) in [4.78, 5) is 10.1. The molecule has 0 radical (unpaired) electrons. The number of anilines is 2. The summed E-state index contributed by atoms with van der Waals surface area (Å²) in [5.74, 6) is -1.28. The lowest BCUT2D eigenvalue weighted by molar-refractivity contribution is -0.384. The van der Waals surface area contributed by atoms with E-state index >= 15 is 0 Å². The van der Waals surface area contributed by atoms with E-state index in [1.54, 1.807) is 6.07 Å². The van der Waals surface area contributed by atoms with E-state index in [2.05, 4.69) is 10.6 Å². The first-order valence-corrected chi connectivity index (χ1v) is 6.14. The van der Waals surface area contributed by atoms with Gasteiger partial charge in [0.25, 0.3) is 5.69 Å². The van der Waals surface area contributed by atoms with Crippen LogP contribution in [-0.2, 0) is 0 Å². The Morgan fingerprint density at radius 2 is 1.90 bits per heavy atom. The summed E-state index contributed by atoms with van der Waals surface area (Å²) in [6, 6.07) is 8.54. The van der Waals surface area contributed by atoms with Crippen molar-refractivity contribution in [3.8, 4) is 0 Å². The number of halogens is 2. The minimum atomic E-state index is -0.667. The summed E-state index contributed by atoms with van der Waals surface area (Å²) in [6.45, 7) is 0. The van der Waals surface area contributed by atoms with E-state index in [0.29, 0.717) is 5.69 Å². The van der Waals surface area contributed by atoms with Crippen molar-refractivity contribution in [3.05, 3.63) is 64.2 Å². The van der Waals surface area contributed by atoms with E-state index in [1.807, 2.05) is 0 Å². The number of benzene rings is 2. The zero-order valence-electron chi connectivity index (χ0n) is 10.5. The fraction of sp³-hybridized carbons (Fsp3) is 0. The van der Waals surface area contributed by atoms with Gasteiger partial charge in [-0.1, -0.05) is 6.07 Å². The standard InChI is InChI=1S/C13H9F2N3O2S/c14-8-4-5-11(15)12(6-8)17-13(21)16-9-2-1-3-10(7-9)18(19)20/h1-7H,(H2,16,17,21). The molecule has 0 unspecified atom stereocenters. The second-order valence-corrected chi connectivity index (χ2v) is 4.42. The SMILES string of the molecule is O=[N+]([O-])c1cccc(NC(=S)Nc2cc(F)ccc2F)c1. The first-order valence-electron chi connectivity index (χ1n) is 5.73. The molecule has 0 amide bonds. The number of nitro benzene ring substituents is 1. The minimum absolute atomic E-state index is 0.0139. The lowest BCUT2D eigenvalue weighted by Crippen LogP contribution is -2.19. The monoisotopic (exact) mass is 309 g/mol. The highest BCUT2D eigenvalue weighted by Crippen LogP contribution is 2.19. The molecule has 2 aromatic carbocycles. The highest BCUT2D eigenvalue weighted by atomic mass is 32.1. The second-order valence-electron chi connectivity index (χ2n) is 4.01. The molecule has 0 aliphatic rings. The molecular weight excluding hydrogens is 300 g/mol. The van der Waals surface area contributed by atoms with Gasteiger partial charge in [0, 0.05) is 23.9 Å². The summed E-state index contributed by atoms with van der Waals surface area (Å²) < 4.78 is 26.5. The topological polar surface area (TPSA) is 67.2 Å². The minimum Gasteiger partial charge on any atom is -0.332 e. The predicted molar refractivity (Wildman–Crippen MR) is 79.3 cm³/mol. The number of nitro groups is 1. The molecule has 2 rings (SSSR count). The lowest BCUT2D eigenvalue weighted by Gasteiger charge is -2.11. The maximum absolute atomic E-state index is 13.4. The van der Waals surface area contributed by atoms with Crippen molar-refractivity contribution < 1.29 is 13.7 Å². The second kappa shape index (κ2) is 6.23. The zero-order valence-corrected chi connectivity index (χ0v) is 11.3. The Morgan fingerprint density at radius 3 is 2.62 bits per heavy atom. The van der Waals surface area contributed by atoms with Gasteiger partial charge in [-0.2, -0.15) is 0 Å². The van der Waals surface area contributed by atoms with E-state index in [4.69, 9.17) is 12.2 Å². The third kappa shape index (κ3) is 3.93. The van der Waals surface area contributed by atoms with Gasteiger partial charge in [-0.25, -0.2) is 8.78 Å². The van der Waals surface area contributed by atoms with E-state index < -0.39 is 16.6 Å². The van der Waals surface area contributed by atoms with E-state index in [-0.39, 0.29) is 16.5 Å². The van der Waals surface area contributed by atoms with Crippen LogP contribution in [0.2, 0.25) is 0 Å². The van der Waals surface area contributed by atoms with E-state index in [1.165, 1.54) is 18.2 Å². The number of hydrogen-bond donors (Lipinski definition) is 2. The maximum Gasteiger partial charge on any atom is 0.271 e. The molecule has 21 heavy (non-hydrogen) atoms. The molecule has 0 atom stereocenters. The molecule has 2 N–H and O–H groups in total. The van der Waals surface area contributed by atoms with Gasteiger partial charge in [-0.05, 0) is 30.4 Å². The zero-order chi connectivity index (χ0) is 15.4. The molecule has 0 aliphatic carbocycles. The molecule has 108 valence electrons. The number of nitrogens with zero attached hydrogens (tertiary/aromatic N) is 1. The molecular formula is C13H9F2N3O2S. The Morgan fingerprint density at radius 1 is 1.14 bits per heavy atom. The molecule has 8 heteroatoms. The van der Waals surface area contributed by atoms with Gasteiger partial charge >= 0.3 is 0 Å². The van der Waals surface area contributed by atoms with Crippen LogP contribution in [0.1, 0.15) is 0 Å². The number of thiocarbonyl (C=S) groups is 1. The summed E-state index contributed by atoms with van der Waals surface area (Å²) in [6.07, 6.45) is 0. The molecule has 0 saturated heterocycles. The molecule has 0 fully saturated rings. The van der Waals surface area contributed by atoms with Crippen LogP contribution in [-0.4, -0.2) is 10.0 Å². The first-order chi connectivity index (χ1) is 9.95. The smallest absolute Gasteiger partial charge is 0.271 e. The molecule has 0 aliphatic heterocycles. The van der Waals surface area contributed by atoms with Crippen molar-refractivity contribution in [2.45, 2.75) is 0 Å². The van der Waals surface area contributed by atoms with Gasteiger partial charge in [0.15, 0.2) is 5.11 Å². The third-order valence-electron chi connectivity index (χ3n) is 2.49. The highest BCUT2D eigenvalue weighted by Gasteiger charge is 2.08. The van der Waals surface area contributed by atoms with Crippen molar-refractivity contribution in [3.63, 3.8) is 0 Å². The van der Waals surface area contributed by atoms with Gasteiger partial charge < -0.3 is 10.6 Å². The molecule has 0 bridgehead atoms. The Kier molecular flexibility index (Phi) is 4.39. The Bertz CT molecular complexity index is 710. The lowest BCUT2D eigenvalue weighted by atomic mass is 10.3. The fourth-order valence-electron chi connectivity index (χ4n) is 1.58. The average molecular weight is 309 g/mol. The molecule has 0 saturated carbocycles. The van der Waals surface area contributed by atoms with Crippen molar-refractivity contribution in [2.24, 2.45) is 0 Å². The maximum atomic E-state index is 13.4. The van der Waals surface area contributed by atoms with Crippen LogP contribution in [0.25, 0.3) is 0 Å². The van der Waals surface area contributed by atoms with Gasteiger partial charge in [0.05, 0.1) is 10.6 Å². The number of nitrogens with one attached hydrogen (secondary N) is 2. The van der Waals surface area contributed by atoms with Crippen molar-refractivity contribution >= 4 is 34.4 Å². The van der Waals surface area contributed by atoms with Crippen LogP contribution in [0.4, 0.5) is 25.8 Å². The Hall–Kier alpha value is -2.61. The van der Waals surface area contributed by atoms with Gasteiger partial charge in [0.1, 0.15) is 11.6 Å². The van der Waals surface area contributed by atoms with Crippen LogP contribution < -0.4 is 10.6 Å². The number of non-ortho nitro benzene ring substituents is 1. The summed E-state index contributed by atoms with van der Waals surface area (Å²) in [7, 11) is 0. The number of rotatable bonds is 3. The average Bonchev–Trinajstić information content (AvgIpc) is 2.43. The van der Waals surface area contributed by atoms with Crippen LogP contribution in [0.3, 0.4) is 0 Å². The van der Waals surface area contributed by atoms with Crippen LogP contribution >= 0.6 is 12.2 Å². The normalized spacial score (nSPS) is 10.0. The van der Waals surface area contributed by atoms with Gasteiger partial charge in [-0.3, -0.25) is 10.1 Å². The van der Waals surface area contributed by atoms with Gasteiger partial charge in [-0.15, -0.1) is 0 Å². The third-order valence-corrected chi connectivity index (χ3v) is 2.70. The summed E-state index contributed by atoms with van der Waals surface area (Å²) in [5, 5.41) is 15.8. The van der Waals surface area contributed by atoms with Crippen molar-refractivity contribution in [1.82, 2.24) is 0 Å². The van der Waals surface area contributed by atoms with Crippen molar-refractivity contribution in [2.75, 3.05) is 10.6 Å². The van der Waals surface area contributed by atoms with Crippen molar-refractivity contribution in [1.29, 1.82) is 0 Å². The summed E-state index contributed by atoms with van der Waals surface area (Å²) >= 11 is 4.95. The quantitative estimate of drug-likeness (QED) is 0.514. The fourth-order valence-corrected chi connectivity index (χ4v) is 1.80. The Balaban J connectivity index is 2.10. The molecule has 0 spiro atoms. The highest BCUT2D eigenvalue weighted by molar-refractivity contribution is 7.80.